The van der Waals surface area contributed by atoms with Crippen LogP contribution < -0.4 is 5.32 Å². The lowest BCUT2D eigenvalue weighted by atomic mass is 9.86. The lowest BCUT2D eigenvalue weighted by Crippen LogP contribution is -2.42. The summed E-state index contributed by atoms with van der Waals surface area (Å²) in [6.45, 7) is 4.67. The van der Waals surface area contributed by atoms with E-state index in [1.54, 1.807) is 5.56 Å². The number of benzene rings is 1. The molecule has 1 aliphatic heterocycles. The van der Waals surface area contributed by atoms with Gasteiger partial charge in [0.2, 0.25) is 0 Å². The molecule has 0 saturated heterocycles. The van der Waals surface area contributed by atoms with Gasteiger partial charge in [-0.2, -0.15) is 0 Å². The van der Waals surface area contributed by atoms with Gasteiger partial charge in [0, 0.05) is 18.6 Å². The van der Waals surface area contributed by atoms with E-state index in [4.69, 9.17) is 0 Å². The summed E-state index contributed by atoms with van der Waals surface area (Å²) in [5, 5.41) is 3.71. The van der Waals surface area contributed by atoms with Crippen molar-refractivity contribution in [1.29, 1.82) is 0 Å². The molecule has 2 heteroatoms. The zero-order valence-corrected chi connectivity index (χ0v) is 12.9. The van der Waals surface area contributed by atoms with Crippen LogP contribution in [0.3, 0.4) is 0 Å². The molecule has 2 nitrogen and oxygen atoms in total. The summed E-state index contributed by atoms with van der Waals surface area (Å²) in [6.07, 6.45) is 6.75. The van der Waals surface area contributed by atoms with Gasteiger partial charge in [-0.05, 0) is 62.7 Å². The van der Waals surface area contributed by atoms with Gasteiger partial charge in [-0.25, -0.2) is 0 Å². The number of likely N-dealkylation sites (N-methyl/N-ethyl adjacent to an activating group) is 1. The van der Waals surface area contributed by atoms with E-state index in [0.29, 0.717) is 6.04 Å². The van der Waals surface area contributed by atoms with Gasteiger partial charge in [-0.3, -0.25) is 0 Å². The Kier molecular flexibility index (Phi) is 4.42. The molecule has 1 aromatic rings. The molecule has 1 aliphatic carbocycles. The van der Waals surface area contributed by atoms with Crippen LogP contribution in [0.25, 0.3) is 0 Å². The summed E-state index contributed by atoms with van der Waals surface area (Å²) < 4.78 is 0. The number of fused-ring (bicyclic) bond motifs is 1. The fraction of sp³-hybridized carbons (Fsp3) is 0.667. The molecular weight excluding hydrogens is 244 g/mol. The molecule has 0 aromatic heterocycles. The van der Waals surface area contributed by atoms with Gasteiger partial charge in [-0.1, -0.05) is 31.2 Å². The van der Waals surface area contributed by atoms with E-state index in [1.807, 2.05) is 0 Å². The Bertz CT molecular complexity index is 435. The van der Waals surface area contributed by atoms with Gasteiger partial charge in [0.25, 0.3) is 0 Å². The smallest absolute Gasteiger partial charge is 0.0452 e. The Balaban J connectivity index is 1.63. The predicted molar refractivity (Wildman–Crippen MR) is 84.9 cm³/mol. The van der Waals surface area contributed by atoms with Crippen LogP contribution in [0.1, 0.15) is 49.8 Å². The molecular formula is C18H28N2. The summed E-state index contributed by atoms with van der Waals surface area (Å²) in [7, 11) is 2.32. The van der Waals surface area contributed by atoms with Gasteiger partial charge < -0.3 is 10.2 Å². The molecule has 1 unspecified atom stereocenters. The maximum absolute atomic E-state index is 3.71. The molecule has 0 spiro atoms. The van der Waals surface area contributed by atoms with E-state index in [-0.39, 0.29) is 0 Å². The SMILES string of the molecule is CC1CCC(N(C)CC2NCCc3ccccc32)CC1. The van der Waals surface area contributed by atoms with Gasteiger partial charge >= 0.3 is 0 Å². The molecule has 0 radical (unpaired) electrons. The van der Waals surface area contributed by atoms with E-state index in [1.165, 1.54) is 37.7 Å². The molecule has 1 atom stereocenters. The van der Waals surface area contributed by atoms with E-state index in [0.717, 1.165) is 25.0 Å². The summed E-state index contributed by atoms with van der Waals surface area (Å²) in [5.74, 6) is 0.938. The van der Waals surface area contributed by atoms with Crippen LogP contribution in [-0.2, 0) is 6.42 Å². The van der Waals surface area contributed by atoms with Crippen LogP contribution in [0.2, 0.25) is 0 Å². The second-order valence-electron chi connectivity index (χ2n) is 6.81. The van der Waals surface area contributed by atoms with Crippen molar-refractivity contribution < 1.29 is 0 Å². The predicted octanol–water partition coefficient (Wildman–Crippen LogP) is 3.38. The second kappa shape index (κ2) is 6.28. The molecule has 0 bridgehead atoms. The Hall–Kier alpha value is -0.860. The summed E-state index contributed by atoms with van der Waals surface area (Å²) >= 11 is 0. The van der Waals surface area contributed by atoms with Crippen LogP contribution in [0, 0.1) is 5.92 Å². The quantitative estimate of drug-likeness (QED) is 0.907. The van der Waals surface area contributed by atoms with Crippen LogP contribution in [0.5, 0.6) is 0 Å². The highest BCUT2D eigenvalue weighted by Crippen LogP contribution is 2.29. The molecule has 1 fully saturated rings. The van der Waals surface area contributed by atoms with Crippen LogP contribution >= 0.6 is 0 Å². The van der Waals surface area contributed by atoms with Crippen molar-refractivity contribution >= 4 is 0 Å². The largest absolute Gasteiger partial charge is 0.309 e. The Morgan fingerprint density at radius 3 is 2.70 bits per heavy atom. The molecule has 0 amide bonds. The highest BCUT2D eigenvalue weighted by atomic mass is 15.2. The van der Waals surface area contributed by atoms with Crippen LogP contribution in [-0.4, -0.2) is 31.1 Å². The average Bonchev–Trinajstić information content (AvgIpc) is 2.48. The second-order valence-corrected chi connectivity index (χ2v) is 6.81. The lowest BCUT2D eigenvalue weighted by molar-refractivity contribution is 0.155. The highest BCUT2D eigenvalue weighted by molar-refractivity contribution is 5.32. The molecule has 3 rings (SSSR count). The van der Waals surface area contributed by atoms with Crippen LogP contribution in [0.4, 0.5) is 0 Å². The molecule has 1 heterocycles. The van der Waals surface area contributed by atoms with Crippen molar-refractivity contribution in [2.24, 2.45) is 5.92 Å². The monoisotopic (exact) mass is 272 g/mol. The van der Waals surface area contributed by atoms with Crippen molar-refractivity contribution in [2.45, 2.75) is 51.1 Å². The number of hydrogen-bond donors (Lipinski definition) is 1. The molecule has 110 valence electrons. The average molecular weight is 272 g/mol. The third kappa shape index (κ3) is 3.07. The van der Waals surface area contributed by atoms with Gasteiger partial charge in [0.05, 0.1) is 0 Å². The normalized spacial score (nSPS) is 30.2. The van der Waals surface area contributed by atoms with Crippen molar-refractivity contribution in [3.63, 3.8) is 0 Å². The molecule has 2 aliphatic rings. The zero-order chi connectivity index (χ0) is 13.9. The summed E-state index contributed by atoms with van der Waals surface area (Å²) in [6, 6.07) is 10.3. The first-order valence-electron chi connectivity index (χ1n) is 8.25. The third-order valence-electron chi connectivity index (χ3n) is 5.29. The van der Waals surface area contributed by atoms with Crippen molar-refractivity contribution in [1.82, 2.24) is 10.2 Å². The molecule has 20 heavy (non-hydrogen) atoms. The first-order chi connectivity index (χ1) is 9.74. The summed E-state index contributed by atoms with van der Waals surface area (Å²) in [5.41, 5.74) is 3.07. The van der Waals surface area contributed by atoms with Gasteiger partial charge in [0.15, 0.2) is 0 Å². The fourth-order valence-electron chi connectivity index (χ4n) is 3.88. The number of nitrogens with zero attached hydrogens (tertiary/aromatic N) is 1. The highest BCUT2D eigenvalue weighted by Gasteiger charge is 2.26. The van der Waals surface area contributed by atoms with Crippen molar-refractivity contribution in [3.8, 4) is 0 Å². The maximum Gasteiger partial charge on any atom is 0.0452 e. The first-order valence-corrected chi connectivity index (χ1v) is 8.25. The van der Waals surface area contributed by atoms with Gasteiger partial charge in [0.1, 0.15) is 0 Å². The summed E-state index contributed by atoms with van der Waals surface area (Å²) in [4.78, 5) is 2.60. The maximum atomic E-state index is 3.71. The molecule has 1 N–H and O–H groups in total. The lowest BCUT2D eigenvalue weighted by Gasteiger charge is -2.37. The van der Waals surface area contributed by atoms with Gasteiger partial charge in [-0.15, -0.1) is 0 Å². The standard InChI is InChI=1S/C18H28N2/c1-14-7-9-16(10-8-14)20(2)13-18-17-6-4-3-5-15(17)11-12-19-18/h3-6,14,16,18-19H,7-13H2,1-2H3. The molecule has 1 saturated carbocycles. The van der Waals surface area contributed by atoms with E-state index in [2.05, 4.69) is 48.5 Å². The minimum absolute atomic E-state index is 0.518. The Morgan fingerprint density at radius 2 is 1.90 bits per heavy atom. The third-order valence-corrected chi connectivity index (χ3v) is 5.29. The van der Waals surface area contributed by atoms with E-state index < -0.39 is 0 Å². The van der Waals surface area contributed by atoms with E-state index >= 15 is 0 Å². The number of hydrogen-bond acceptors (Lipinski definition) is 2. The zero-order valence-electron chi connectivity index (χ0n) is 12.9. The van der Waals surface area contributed by atoms with Crippen molar-refractivity contribution in [3.05, 3.63) is 35.4 Å². The molecule has 1 aromatic carbocycles. The topological polar surface area (TPSA) is 15.3 Å². The Labute approximate surface area is 123 Å². The first kappa shape index (κ1) is 14.1. The minimum Gasteiger partial charge on any atom is -0.309 e. The van der Waals surface area contributed by atoms with Crippen molar-refractivity contribution in [2.75, 3.05) is 20.1 Å². The Morgan fingerprint density at radius 1 is 1.15 bits per heavy atom. The van der Waals surface area contributed by atoms with E-state index in [9.17, 15) is 0 Å². The minimum atomic E-state index is 0.518. The number of nitrogens with one attached hydrogen (secondary N) is 1. The number of rotatable bonds is 3. The van der Waals surface area contributed by atoms with Crippen LogP contribution in [0.15, 0.2) is 24.3 Å². The fourth-order valence-corrected chi connectivity index (χ4v) is 3.88.